The van der Waals surface area contributed by atoms with E-state index in [2.05, 4.69) is 5.32 Å². The number of hydrogen-bond acceptors (Lipinski definition) is 5. The van der Waals surface area contributed by atoms with E-state index in [-0.39, 0.29) is 41.2 Å². The molecule has 1 N–H and O–H groups in total. The number of rotatable bonds is 5. The Morgan fingerprint density at radius 2 is 1.82 bits per heavy atom. The molecule has 8 nitrogen and oxygen atoms in total. The zero-order valence-electron chi connectivity index (χ0n) is 19.9. The molecule has 1 aromatic carbocycles. The van der Waals surface area contributed by atoms with E-state index in [1.54, 1.807) is 9.80 Å². The maximum absolute atomic E-state index is 13.2. The van der Waals surface area contributed by atoms with Gasteiger partial charge in [0.05, 0.1) is 10.9 Å². The minimum absolute atomic E-state index is 0.101. The molecular formula is C24H33ClFN3O5. The average Bonchev–Trinajstić information content (AvgIpc) is 2.77. The van der Waals surface area contributed by atoms with E-state index in [1.165, 1.54) is 12.1 Å². The van der Waals surface area contributed by atoms with Crippen molar-refractivity contribution in [3.63, 3.8) is 0 Å². The maximum atomic E-state index is 13.2. The number of likely N-dealkylation sites (tertiary alicyclic amines) is 2. The van der Waals surface area contributed by atoms with Crippen molar-refractivity contribution < 1.29 is 28.2 Å². The van der Waals surface area contributed by atoms with Crippen molar-refractivity contribution in [2.24, 2.45) is 5.92 Å². The van der Waals surface area contributed by atoms with Crippen molar-refractivity contribution in [2.75, 3.05) is 32.8 Å². The van der Waals surface area contributed by atoms with Gasteiger partial charge in [-0.2, -0.15) is 0 Å². The first-order valence-corrected chi connectivity index (χ1v) is 12.0. The molecule has 1 aromatic rings. The zero-order valence-corrected chi connectivity index (χ0v) is 20.7. The van der Waals surface area contributed by atoms with Gasteiger partial charge in [0.15, 0.2) is 6.61 Å². The molecule has 2 aliphatic heterocycles. The summed E-state index contributed by atoms with van der Waals surface area (Å²) >= 11 is 5.94. The number of nitrogens with one attached hydrogen (secondary N) is 1. The van der Waals surface area contributed by atoms with Gasteiger partial charge in [-0.1, -0.05) is 11.6 Å². The van der Waals surface area contributed by atoms with E-state index in [4.69, 9.17) is 21.1 Å². The second-order valence-corrected chi connectivity index (χ2v) is 10.2. The lowest BCUT2D eigenvalue weighted by Gasteiger charge is -2.36. The summed E-state index contributed by atoms with van der Waals surface area (Å²) in [6, 6.07) is 3.56. The number of benzene rings is 1. The number of hydrogen-bond donors (Lipinski definition) is 1. The van der Waals surface area contributed by atoms with Crippen LogP contribution in [0.25, 0.3) is 0 Å². The van der Waals surface area contributed by atoms with Gasteiger partial charge in [-0.3, -0.25) is 9.59 Å². The summed E-state index contributed by atoms with van der Waals surface area (Å²) in [6.45, 7) is 7.07. The highest BCUT2D eigenvalue weighted by Crippen LogP contribution is 2.25. The highest BCUT2D eigenvalue weighted by atomic mass is 35.5. The molecule has 0 radical (unpaired) electrons. The molecule has 2 fully saturated rings. The topological polar surface area (TPSA) is 88.2 Å². The first-order valence-electron chi connectivity index (χ1n) is 11.7. The molecule has 2 heterocycles. The normalized spacial score (nSPS) is 21.1. The standard InChI is InChI=1S/C24H33ClFN3O5/c1-24(2,3)34-23(32)29-11-4-6-16(13-29)22(31)27-18-7-5-10-28(14-18)21(30)15-33-20-9-8-17(26)12-19(20)25/h8-9,12,16,18H,4-7,10-11,13-15H2,1-3H3,(H,27,31)/t16-,18-/m1/s1. The predicted octanol–water partition coefficient (Wildman–Crippen LogP) is 3.61. The van der Waals surface area contributed by atoms with Gasteiger partial charge in [0.1, 0.15) is 17.2 Å². The van der Waals surface area contributed by atoms with Gasteiger partial charge < -0.3 is 24.6 Å². The van der Waals surface area contributed by atoms with Gasteiger partial charge in [-0.25, -0.2) is 9.18 Å². The average molecular weight is 498 g/mol. The van der Waals surface area contributed by atoms with Crippen LogP contribution in [0.3, 0.4) is 0 Å². The zero-order chi connectivity index (χ0) is 24.9. The van der Waals surface area contributed by atoms with Crippen LogP contribution in [0.5, 0.6) is 5.75 Å². The van der Waals surface area contributed by atoms with E-state index >= 15 is 0 Å². The fourth-order valence-corrected chi connectivity index (χ4v) is 4.37. The van der Waals surface area contributed by atoms with Gasteiger partial charge in [0.2, 0.25) is 5.91 Å². The van der Waals surface area contributed by atoms with Gasteiger partial charge in [-0.05, 0) is 64.7 Å². The van der Waals surface area contributed by atoms with Crippen molar-refractivity contribution in [3.8, 4) is 5.75 Å². The molecule has 2 atom stereocenters. The first-order chi connectivity index (χ1) is 16.0. The van der Waals surface area contributed by atoms with Crippen molar-refractivity contribution in [1.82, 2.24) is 15.1 Å². The fraction of sp³-hybridized carbons (Fsp3) is 0.625. The summed E-state index contributed by atoms with van der Waals surface area (Å²) in [5.74, 6) is -0.887. The Hall–Kier alpha value is -2.55. The molecule has 0 spiro atoms. The van der Waals surface area contributed by atoms with E-state index in [9.17, 15) is 18.8 Å². The number of amides is 3. The van der Waals surface area contributed by atoms with Gasteiger partial charge in [-0.15, -0.1) is 0 Å². The van der Waals surface area contributed by atoms with Crippen LogP contribution in [0.2, 0.25) is 5.02 Å². The van der Waals surface area contributed by atoms with Crippen LogP contribution >= 0.6 is 11.6 Å². The number of halogens is 2. The summed E-state index contributed by atoms with van der Waals surface area (Å²) < 4.78 is 24.1. The second-order valence-electron chi connectivity index (χ2n) is 9.82. The number of nitrogens with zero attached hydrogens (tertiary/aromatic N) is 2. The molecule has 3 amide bonds. The molecule has 0 aromatic heterocycles. The van der Waals surface area contributed by atoms with Crippen molar-refractivity contribution in [3.05, 3.63) is 29.0 Å². The third kappa shape index (κ3) is 7.48. The highest BCUT2D eigenvalue weighted by Gasteiger charge is 2.33. The third-order valence-electron chi connectivity index (χ3n) is 5.81. The van der Waals surface area contributed by atoms with Crippen LogP contribution in [0.1, 0.15) is 46.5 Å². The highest BCUT2D eigenvalue weighted by molar-refractivity contribution is 6.32. The largest absolute Gasteiger partial charge is 0.482 e. The molecule has 34 heavy (non-hydrogen) atoms. The van der Waals surface area contributed by atoms with Crippen LogP contribution in [-0.4, -0.2) is 72.1 Å². The fourth-order valence-electron chi connectivity index (χ4n) is 4.15. The third-order valence-corrected chi connectivity index (χ3v) is 6.10. The van der Waals surface area contributed by atoms with Crippen LogP contribution in [0.15, 0.2) is 18.2 Å². The SMILES string of the molecule is CC(C)(C)OC(=O)N1CCC[C@@H](C(=O)N[C@@H]2CCCN(C(=O)COc3ccc(F)cc3Cl)C2)C1. The van der Waals surface area contributed by atoms with E-state index < -0.39 is 17.5 Å². The first kappa shape index (κ1) is 26.1. The van der Waals surface area contributed by atoms with Crippen LogP contribution in [-0.2, 0) is 14.3 Å². The van der Waals surface area contributed by atoms with Crippen molar-refractivity contribution >= 4 is 29.5 Å². The minimum Gasteiger partial charge on any atom is -0.482 e. The van der Waals surface area contributed by atoms with Crippen LogP contribution in [0, 0.1) is 11.7 Å². The Kier molecular flexibility index (Phi) is 8.62. The molecule has 2 aliphatic rings. The lowest BCUT2D eigenvalue weighted by Crippen LogP contribution is -2.53. The van der Waals surface area contributed by atoms with Gasteiger partial charge in [0.25, 0.3) is 5.91 Å². The smallest absolute Gasteiger partial charge is 0.410 e. The summed E-state index contributed by atoms with van der Waals surface area (Å²) in [7, 11) is 0. The Labute approximate surface area is 204 Å². The Morgan fingerprint density at radius 1 is 1.12 bits per heavy atom. The Bertz CT molecular complexity index is 907. The number of carbonyl (C=O) groups is 3. The number of carbonyl (C=O) groups excluding carboxylic acids is 3. The van der Waals surface area contributed by atoms with Crippen LogP contribution < -0.4 is 10.1 Å². The van der Waals surface area contributed by atoms with E-state index in [0.717, 1.165) is 25.3 Å². The molecule has 2 saturated heterocycles. The predicted molar refractivity (Wildman–Crippen MR) is 125 cm³/mol. The van der Waals surface area contributed by atoms with Crippen LogP contribution in [0.4, 0.5) is 9.18 Å². The summed E-state index contributed by atoms with van der Waals surface area (Å²) in [6.07, 6.45) is 2.55. The lowest BCUT2D eigenvalue weighted by atomic mass is 9.96. The monoisotopic (exact) mass is 497 g/mol. The summed E-state index contributed by atoms with van der Waals surface area (Å²) in [4.78, 5) is 41.2. The molecule has 0 unspecified atom stereocenters. The van der Waals surface area contributed by atoms with Gasteiger partial charge >= 0.3 is 6.09 Å². The molecule has 0 saturated carbocycles. The molecule has 10 heteroatoms. The number of ether oxygens (including phenoxy) is 2. The van der Waals surface area contributed by atoms with Crippen molar-refractivity contribution in [1.29, 1.82) is 0 Å². The Morgan fingerprint density at radius 3 is 2.53 bits per heavy atom. The number of piperidine rings is 2. The molecule has 188 valence electrons. The second kappa shape index (κ2) is 11.3. The lowest BCUT2D eigenvalue weighted by molar-refractivity contribution is -0.136. The minimum atomic E-state index is -0.587. The summed E-state index contributed by atoms with van der Waals surface area (Å²) in [5, 5.41) is 3.16. The van der Waals surface area contributed by atoms with Crippen molar-refractivity contribution in [2.45, 2.75) is 58.1 Å². The molecular weight excluding hydrogens is 465 g/mol. The summed E-state index contributed by atoms with van der Waals surface area (Å²) in [5.41, 5.74) is -0.587. The Balaban J connectivity index is 1.48. The van der Waals surface area contributed by atoms with Gasteiger partial charge in [0, 0.05) is 32.2 Å². The van der Waals surface area contributed by atoms with E-state index in [0.29, 0.717) is 32.6 Å². The molecule has 0 bridgehead atoms. The van der Waals surface area contributed by atoms with E-state index in [1.807, 2.05) is 20.8 Å². The molecule has 0 aliphatic carbocycles. The quantitative estimate of drug-likeness (QED) is 0.671. The maximum Gasteiger partial charge on any atom is 0.410 e. The molecule has 3 rings (SSSR count).